The largest absolute Gasteiger partial charge is 0.329 e. The number of imidazole rings is 1. The second kappa shape index (κ2) is 7.29. The minimum absolute atomic E-state index is 0.448. The maximum absolute atomic E-state index is 6.21. The molecule has 0 bridgehead atoms. The minimum Gasteiger partial charge on any atom is -0.329 e. The highest BCUT2D eigenvalue weighted by Gasteiger charge is 2.11. The third-order valence-electron chi connectivity index (χ3n) is 3.71. The van der Waals surface area contributed by atoms with Crippen molar-refractivity contribution in [2.45, 2.75) is 0 Å². The average molecular weight is 422 g/mol. The topological polar surface area (TPSA) is 42.7 Å². The van der Waals surface area contributed by atoms with Crippen LogP contribution in [0, 0.1) is 0 Å². The van der Waals surface area contributed by atoms with Gasteiger partial charge in [-0.1, -0.05) is 46.9 Å². The lowest BCUT2D eigenvalue weighted by atomic mass is 10.1. The number of aromatic nitrogens is 3. The smallest absolute Gasteiger partial charge is 0.187 e. The molecular formula is C18H11Cl3N4S. The number of hydrogen-bond acceptors (Lipinski definition) is 4. The van der Waals surface area contributed by atoms with E-state index in [2.05, 4.69) is 15.3 Å². The van der Waals surface area contributed by atoms with Gasteiger partial charge in [0.05, 0.1) is 27.8 Å². The van der Waals surface area contributed by atoms with Crippen molar-refractivity contribution >= 4 is 57.0 Å². The maximum atomic E-state index is 6.21. The van der Waals surface area contributed by atoms with Gasteiger partial charge in [0.1, 0.15) is 0 Å². The number of halogens is 3. The van der Waals surface area contributed by atoms with E-state index < -0.39 is 0 Å². The first kappa shape index (κ1) is 17.4. The Balaban J connectivity index is 1.57. The minimum atomic E-state index is 0.448. The van der Waals surface area contributed by atoms with E-state index in [1.807, 2.05) is 40.4 Å². The number of rotatable bonds is 4. The van der Waals surface area contributed by atoms with Gasteiger partial charge in [-0.3, -0.25) is 0 Å². The fourth-order valence-electron chi connectivity index (χ4n) is 2.45. The summed E-state index contributed by atoms with van der Waals surface area (Å²) >= 11 is 19.8. The van der Waals surface area contributed by atoms with E-state index in [0.717, 1.165) is 16.9 Å². The van der Waals surface area contributed by atoms with Gasteiger partial charge in [0.2, 0.25) is 0 Å². The van der Waals surface area contributed by atoms with E-state index in [4.69, 9.17) is 34.8 Å². The summed E-state index contributed by atoms with van der Waals surface area (Å²) in [6.07, 6.45) is 5.41. The van der Waals surface area contributed by atoms with E-state index in [1.165, 1.54) is 11.3 Å². The Morgan fingerprint density at radius 3 is 2.38 bits per heavy atom. The molecule has 0 saturated carbocycles. The molecule has 0 amide bonds. The molecule has 2 aromatic carbocycles. The molecule has 0 unspecified atom stereocenters. The highest BCUT2D eigenvalue weighted by atomic mass is 35.5. The van der Waals surface area contributed by atoms with E-state index in [1.54, 1.807) is 24.7 Å². The zero-order valence-electron chi connectivity index (χ0n) is 13.2. The fourth-order valence-corrected chi connectivity index (χ4v) is 4.08. The van der Waals surface area contributed by atoms with Crippen molar-refractivity contribution in [1.29, 1.82) is 0 Å². The molecule has 4 nitrogen and oxygen atoms in total. The molecule has 0 atom stereocenters. The summed E-state index contributed by atoms with van der Waals surface area (Å²) < 4.78 is 1.95. The number of nitrogens with one attached hydrogen (secondary N) is 1. The van der Waals surface area contributed by atoms with Crippen molar-refractivity contribution < 1.29 is 0 Å². The van der Waals surface area contributed by atoms with Crippen molar-refractivity contribution in [3.05, 3.63) is 75.6 Å². The normalized spacial score (nSPS) is 10.9. The lowest BCUT2D eigenvalue weighted by Crippen LogP contribution is -1.92. The number of anilines is 2. The van der Waals surface area contributed by atoms with Crippen molar-refractivity contribution in [2.24, 2.45) is 0 Å². The Morgan fingerprint density at radius 2 is 1.73 bits per heavy atom. The van der Waals surface area contributed by atoms with Crippen LogP contribution in [0.15, 0.2) is 60.5 Å². The van der Waals surface area contributed by atoms with Gasteiger partial charge >= 0.3 is 0 Å². The van der Waals surface area contributed by atoms with Gasteiger partial charge in [-0.05, 0) is 24.3 Å². The molecule has 4 rings (SSSR count). The number of benzene rings is 2. The molecule has 4 aromatic rings. The molecule has 0 aliphatic heterocycles. The monoisotopic (exact) mass is 420 g/mol. The molecule has 0 saturated heterocycles. The van der Waals surface area contributed by atoms with Crippen LogP contribution in [0.25, 0.3) is 16.9 Å². The Bertz CT molecular complexity index is 1020. The lowest BCUT2D eigenvalue weighted by Gasteiger charge is -2.08. The van der Waals surface area contributed by atoms with Crippen LogP contribution in [0.3, 0.4) is 0 Å². The fraction of sp³-hybridized carbons (Fsp3) is 0. The molecule has 0 aliphatic carbocycles. The van der Waals surface area contributed by atoms with Gasteiger partial charge in [-0.15, -0.1) is 11.3 Å². The Morgan fingerprint density at radius 1 is 1.00 bits per heavy atom. The molecule has 26 heavy (non-hydrogen) atoms. The van der Waals surface area contributed by atoms with Gasteiger partial charge in [0, 0.05) is 34.0 Å². The lowest BCUT2D eigenvalue weighted by molar-refractivity contribution is 1.06. The Labute approximate surface area is 169 Å². The van der Waals surface area contributed by atoms with Crippen LogP contribution >= 0.6 is 46.1 Å². The highest BCUT2D eigenvalue weighted by Crippen LogP contribution is 2.37. The van der Waals surface area contributed by atoms with E-state index in [9.17, 15) is 0 Å². The molecule has 1 N–H and O–H groups in total. The van der Waals surface area contributed by atoms with Gasteiger partial charge in [-0.2, -0.15) is 0 Å². The summed E-state index contributed by atoms with van der Waals surface area (Å²) in [5, 5.41) is 7.23. The first-order chi connectivity index (χ1) is 12.6. The summed E-state index contributed by atoms with van der Waals surface area (Å²) in [5.74, 6) is 0. The second-order valence-corrected chi connectivity index (χ2v) is 7.53. The maximum Gasteiger partial charge on any atom is 0.187 e. The SMILES string of the molecule is Clc1cc(Cl)c(Nc2nc(-c3ccc(-n4ccnc4)cc3)cs2)c(Cl)c1. The number of nitrogens with zero attached hydrogens (tertiary/aromatic N) is 3. The van der Waals surface area contributed by atoms with Crippen molar-refractivity contribution in [3.63, 3.8) is 0 Å². The molecule has 8 heteroatoms. The summed E-state index contributed by atoms with van der Waals surface area (Å²) in [6.45, 7) is 0. The third-order valence-corrected chi connectivity index (χ3v) is 5.28. The predicted octanol–water partition coefficient (Wildman–Crippen LogP) is 6.70. The third kappa shape index (κ3) is 3.57. The van der Waals surface area contributed by atoms with Gasteiger partial charge in [0.15, 0.2) is 5.13 Å². The first-order valence-corrected chi connectivity index (χ1v) is 9.57. The quantitative estimate of drug-likeness (QED) is 0.398. The van der Waals surface area contributed by atoms with Crippen LogP contribution in [0.1, 0.15) is 0 Å². The van der Waals surface area contributed by atoms with E-state index >= 15 is 0 Å². The van der Waals surface area contributed by atoms with Gasteiger partial charge < -0.3 is 9.88 Å². The Kier molecular flexibility index (Phi) is 4.87. The molecule has 0 aliphatic rings. The average Bonchev–Trinajstić information content (AvgIpc) is 3.30. The van der Waals surface area contributed by atoms with Crippen LogP contribution in [0.4, 0.5) is 10.8 Å². The van der Waals surface area contributed by atoms with Crippen molar-refractivity contribution in [3.8, 4) is 16.9 Å². The van der Waals surface area contributed by atoms with Gasteiger partial charge in [-0.25, -0.2) is 9.97 Å². The summed E-state index contributed by atoms with van der Waals surface area (Å²) in [7, 11) is 0. The second-order valence-electron chi connectivity index (χ2n) is 5.42. The molecular weight excluding hydrogens is 411 g/mol. The van der Waals surface area contributed by atoms with Crippen molar-refractivity contribution in [1.82, 2.24) is 14.5 Å². The van der Waals surface area contributed by atoms with Crippen LogP contribution in [0.2, 0.25) is 15.1 Å². The standard InChI is InChI=1S/C18H11Cl3N4S/c19-12-7-14(20)17(15(21)8-12)24-18-23-16(9-26-18)11-1-3-13(4-2-11)25-6-5-22-10-25/h1-10H,(H,23,24). The van der Waals surface area contributed by atoms with Gasteiger partial charge in [0.25, 0.3) is 0 Å². The van der Waals surface area contributed by atoms with Crippen LogP contribution in [0.5, 0.6) is 0 Å². The van der Waals surface area contributed by atoms with Crippen LogP contribution in [-0.2, 0) is 0 Å². The van der Waals surface area contributed by atoms with Crippen LogP contribution in [-0.4, -0.2) is 14.5 Å². The first-order valence-electron chi connectivity index (χ1n) is 7.56. The molecule has 0 spiro atoms. The van der Waals surface area contributed by atoms with Crippen molar-refractivity contribution in [2.75, 3.05) is 5.32 Å². The molecule has 130 valence electrons. The summed E-state index contributed by atoms with van der Waals surface area (Å²) in [5.41, 5.74) is 3.52. The molecule has 2 heterocycles. The molecule has 2 aromatic heterocycles. The summed E-state index contributed by atoms with van der Waals surface area (Å²) in [6, 6.07) is 11.4. The Hall–Kier alpha value is -2.05. The highest BCUT2D eigenvalue weighted by molar-refractivity contribution is 7.14. The number of thiazole rings is 1. The zero-order chi connectivity index (χ0) is 18.1. The molecule has 0 fully saturated rings. The van der Waals surface area contributed by atoms with E-state index in [-0.39, 0.29) is 0 Å². The number of hydrogen-bond donors (Lipinski definition) is 1. The van der Waals surface area contributed by atoms with E-state index in [0.29, 0.717) is 25.9 Å². The predicted molar refractivity (Wildman–Crippen MR) is 109 cm³/mol. The van der Waals surface area contributed by atoms with Crippen LogP contribution < -0.4 is 5.32 Å². The zero-order valence-corrected chi connectivity index (χ0v) is 16.2. The molecule has 0 radical (unpaired) electrons. The summed E-state index contributed by atoms with van der Waals surface area (Å²) in [4.78, 5) is 8.67.